The van der Waals surface area contributed by atoms with Crippen LogP contribution in [-0.4, -0.2) is 28.2 Å². The summed E-state index contributed by atoms with van der Waals surface area (Å²) >= 11 is 0. The van der Waals surface area contributed by atoms with Gasteiger partial charge in [-0.25, -0.2) is 0 Å². The van der Waals surface area contributed by atoms with E-state index in [1.165, 1.54) is 5.56 Å². The zero-order chi connectivity index (χ0) is 17.1. The molecule has 0 radical (unpaired) electrons. The molecule has 0 fully saturated rings. The molecule has 1 unspecified atom stereocenters. The second-order valence-corrected chi connectivity index (χ2v) is 8.07. The molecular formula is C18H31NO3Si. The van der Waals surface area contributed by atoms with Crippen molar-refractivity contribution in [2.75, 3.05) is 13.2 Å². The third-order valence-electron chi connectivity index (χ3n) is 3.42. The Morgan fingerprint density at radius 1 is 1.22 bits per heavy atom. The van der Waals surface area contributed by atoms with Crippen LogP contribution in [0.15, 0.2) is 30.8 Å². The van der Waals surface area contributed by atoms with Crippen LogP contribution in [0, 0.1) is 0 Å². The summed E-state index contributed by atoms with van der Waals surface area (Å²) in [5.74, 6) is 0. The van der Waals surface area contributed by atoms with Crippen molar-refractivity contribution in [2.24, 2.45) is 0 Å². The van der Waals surface area contributed by atoms with Gasteiger partial charge in [-0.15, -0.1) is 0 Å². The summed E-state index contributed by atoms with van der Waals surface area (Å²) in [7, 11) is -2.59. The summed E-state index contributed by atoms with van der Waals surface area (Å²) in [4.78, 5) is 0. The van der Waals surface area contributed by atoms with E-state index in [9.17, 15) is 0 Å². The molecule has 4 nitrogen and oxygen atoms in total. The largest absolute Gasteiger partial charge is 0.502 e. The van der Waals surface area contributed by atoms with Crippen LogP contribution in [0.1, 0.15) is 45.2 Å². The molecule has 1 rings (SSSR count). The minimum Gasteiger partial charge on any atom is -0.374 e. The summed E-state index contributed by atoms with van der Waals surface area (Å²) in [6.07, 6.45) is 2.71. The molecular weight excluding hydrogens is 306 g/mol. The Balaban J connectivity index is 2.63. The summed E-state index contributed by atoms with van der Waals surface area (Å²) in [5, 5.41) is 3.40. The van der Waals surface area contributed by atoms with Gasteiger partial charge in [0.05, 0.1) is 6.23 Å². The molecule has 0 spiro atoms. The summed E-state index contributed by atoms with van der Waals surface area (Å²) in [5.41, 5.74) is 2.32. The van der Waals surface area contributed by atoms with E-state index in [0.717, 1.165) is 24.6 Å². The maximum atomic E-state index is 6.20. The van der Waals surface area contributed by atoms with E-state index < -0.39 is 8.80 Å². The van der Waals surface area contributed by atoms with Crippen molar-refractivity contribution in [1.82, 2.24) is 5.32 Å². The number of hydrogen-bond acceptors (Lipinski definition) is 4. The molecule has 0 saturated carbocycles. The predicted molar refractivity (Wildman–Crippen MR) is 98.0 cm³/mol. The van der Waals surface area contributed by atoms with Crippen molar-refractivity contribution < 1.29 is 13.3 Å². The second-order valence-electron chi connectivity index (χ2n) is 5.39. The fourth-order valence-corrected chi connectivity index (χ4v) is 5.20. The quantitative estimate of drug-likeness (QED) is 0.458. The van der Waals surface area contributed by atoms with Crippen molar-refractivity contribution >= 4 is 14.9 Å². The Kier molecular flexibility index (Phi) is 9.36. The molecule has 0 saturated heterocycles. The van der Waals surface area contributed by atoms with Crippen molar-refractivity contribution in [3.05, 3.63) is 42.0 Å². The first-order valence-corrected chi connectivity index (χ1v) is 10.4. The number of nitrogens with one attached hydrogen (secondary N) is 1. The lowest BCUT2D eigenvalue weighted by Gasteiger charge is -2.31. The highest BCUT2D eigenvalue weighted by atomic mass is 28.4. The van der Waals surface area contributed by atoms with Crippen LogP contribution < -0.4 is 5.32 Å². The van der Waals surface area contributed by atoms with Crippen molar-refractivity contribution in [2.45, 2.75) is 52.9 Å². The average molecular weight is 338 g/mol. The molecule has 1 aromatic carbocycles. The molecule has 1 atom stereocenters. The second kappa shape index (κ2) is 10.7. The van der Waals surface area contributed by atoms with E-state index >= 15 is 0 Å². The Morgan fingerprint density at radius 2 is 1.91 bits per heavy atom. The lowest BCUT2D eigenvalue weighted by Crippen LogP contribution is -2.50. The first-order chi connectivity index (χ1) is 11.1. The monoisotopic (exact) mass is 337 g/mol. The maximum Gasteiger partial charge on any atom is 0.502 e. The molecule has 5 heteroatoms. The minimum absolute atomic E-state index is 0.126. The average Bonchev–Trinajstić information content (AvgIpc) is 2.54. The molecule has 0 amide bonds. The fourth-order valence-electron chi connectivity index (χ4n) is 2.46. The molecule has 0 aliphatic heterocycles. The minimum atomic E-state index is -2.59. The van der Waals surface area contributed by atoms with Crippen LogP contribution in [0.3, 0.4) is 0 Å². The Hall–Kier alpha value is -0.983. The van der Waals surface area contributed by atoms with Gasteiger partial charge in [-0.2, -0.15) is 0 Å². The van der Waals surface area contributed by atoms with E-state index in [0.29, 0.717) is 13.2 Å². The Morgan fingerprint density at radius 3 is 2.48 bits per heavy atom. The van der Waals surface area contributed by atoms with Gasteiger partial charge in [-0.3, -0.25) is 5.32 Å². The topological polar surface area (TPSA) is 39.7 Å². The number of rotatable bonds is 12. The van der Waals surface area contributed by atoms with Crippen molar-refractivity contribution in [1.29, 1.82) is 0 Å². The third kappa shape index (κ3) is 6.97. The third-order valence-corrected chi connectivity index (χ3v) is 6.70. The van der Waals surface area contributed by atoms with E-state index in [4.69, 9.17) is 13.3 Å². The predicted octanol–water partition coefficient (Wildman–Crippen LogP) is 4.20. The van der Waals surface area contributed by atoms with E-state index in [1.54, 1.807) is 0 Å². The zero-order valence-corrected chi connectivity index (χ0v) is 15.9. The van der Waals surface area contributed by atoms with E-state index in [-0.39, 0.29) is 6.23 Å². The smallest absolute Gasteiger partial charge is 0.374 e. The maximum absolute atomic E-state index is 6.20. The Bertz CT molecular complexity index is 450. The highest BCUT2D eigenvalue weighted by Gasteiger charge is 2.41. The summed E-state index contributed by atoms with van der Waals surface area (Å²) < 4.78 is 18.0. The van der Waals surface area contributed by atoms with Crippen LogP contribution in [0.5, 0.6) is 0 Å². The molecule has 0 aromatic heterocycles. The number of hydrogen-bond donors (Lipinski definition) is 1. The highest BCUT2D eigenvalue weighted by molar-refractivity contribution is 6.60. The van der Waals surface area contributed by atoms with Crippen molar-refractivity contribution in [3.63, 3.8) is 0 Å². The van der Waals surface area contributed by atoms with Crippen LogP contribution in [-0.2, 0) is 19.8 Å². The van der Waals surface area contributed by atoms with Gasteiger partial charge >= 0.3 is 8.80 Å². The lowest BCUT2D eigenvalue weighted by molar-refractivity contribution is 0.0258. The van der Waals surface area contributed by atoms with Crippen LogP contribution in [0.4, 0.5) is 0 Å². The van der Waals surface area contributed by atoms with Crippen LogP contribution in [0.25, 0.3) is 6.08 Å². The molecule has 0 aliphatic rings. The molecule has 1 N–H and O–H groups in total. The SMILES string of the molecule is C=Cc1cccc(CNC(C)O[Si](CCC)(OCC)OCC)c1. The molecule has 130 valence electrons. The zero-order valence-electron chi connectivity index (χ0n) is 14.9. The van der Waals surface area contributed by atoms with Gasteiger partial charge in [0.2, 0.25) is 0 Å². The molecule has 0 heterocycles. The molecule has 23 heavy (non-hydrogen) atoms. The van der Waals surface area contributed by atoms with Gasteiger partial charge in [0.15, 0.2) is 0 Å². The molecule has 0 aliphatic carbocycles. The summed E-state index contributed by atoms with van der Waals surface area (Å²) in [6.45, 7) is 13.9. The summed E-state index contributed by atoms with van der Waals surface area (Å²) in [6, 6.07) is 9.13. The van der Waals surface area contributed by atoms with Gasteiger partial charge in [-0.1, -0.05) is 50.3 Å². The van der Waals surface area contributed by atoms with Gasteiger partial charge < -0.3 is 13.3 Å². The molecule has 0 bridgehead atoms. The van der Waals surface area contributed by atoms with E-state index in [2.05, 4.69) is 31.0 Å². The van der Waals surface area contributed by atoms with Crippen molar-refractivity contribution in [3.8, 4) is 0 Å². The van der Waals surface area contributed by atoms with Gasteiger partial charge in [0.25, 0.3) is 0 Å². The molecule has 1 aromatic rings. The first-order valence-electron chi connectivity index (χ1n) is 8.49. The standard InChI is InChI=1S/C18H31NO3Si/c1-6-13-23(20-8-3,21-9-4)22-16(5)19-15-18-12-10-11-17(7-2)14-18/h7,10-12,14,16,19H,2,6,8-9,13,15H2,1,3-5H3. The highest BCUT2D eigenvalue weighted by Crippen LogP contribution is 2.19. The Labute approximate surface area is 142 Å². The number of benzene rings is 1. The van der Waals surface area contributed by atoms with Gasteiger partial charge in [0.1, 0.15) is 0 Å². The fraction of sp³-hybridized carbons (Fsp3) is 0.556. The van der Waals surface area contributed by atoms with Crippen LogP contribution in [0.2, 0.25) is 6.04 Å². The first kappa shape index (κ1) is 20.1. The van der Waals surface area contributed by atoms with E-state index in [1.807, 2.05) is 39.0 Å². The lowest BCUT2D eigenvalue weighted by atomic mass is 10.1. The normalized spacial score (nSPS) is 13.0. The van der Waals surface area contributed by atoms with Gasteiger partial charge in [-0.05, 0) is 31.9 Å². The van der Waals surface area contributed by atoms with Crippen LogP contribution >= 0.6 is 0 Å². The van der Waals surface area contributed by atoms with Gasteiger partial charge in [0, 0.05) is 25.8 Å².